The van der Waals surface area contributed by atoms with Gasteiger partial charge < -0.3 is 10.5 Å². The number of fused-ring (bicyclic) bond motifs is 1. The molecule has 1 saturated carbocycles. The molecule has 1 aliphatic carbocycles. The summed E-state index contributed by atoms with van der Waals surface area (Å²) in [6.07, 6.45) is 4.34. The molecule has 0 amide bonds. The predicted octanol–water partition coefficient (Wildman–Crippen LogP) is 0.514. The Morgan fingerprint density at radius 1 is 1.56 bits per heavy atom. The molecule has 0 atom stereocenters. The molecule has 3 aliphatic rings. The first-order chi connectivity index (χ1) is 4.35. The molecule has 0 aromatic carbocycles. The molecule has 52 valence electrons. The lowest BCUT2D eigenvalue weighted by atomic mass is 9.68. The van der Waals surface area contributed by atoms with Crippen molar-refractivity contribution in [3.8, 4) is 0 Å². The van der Waals surface area contributed by atoms with E-state index in [1.807, 2.05) is 0 Å². The minimum atomic E-state index is 0.541. The van der Waals surface area contributed by atoms with Crippen LogP contribution in [0.25, 0.3) is 0 Å². The van der Waals surface area contributed by atoms with E-state index in [1.165, 1.54) is 19.3 Å². The van der Waals surface area contributed by atoms with Crippen molar-refractivity contribution in [1.29, 1.82) is 0 Å². The molecule has 2 heterocycles. The van der Waals surface area contributed by atoms with Gasteiger partial charge in [-0.05, 0) is 31.2 Å². The highest BCUT2D eigenvalue weighted by molar-refractivity contribution is 5.00. The molecule has 2 aliphatic heterocycles. The zero-order valence-corrected chi connectivity index (χ0v) is 5.60. The van der Waals surface area contributed by atoms with Crippen molar-refractivity contribution >= 4 is 0 Å². The fourth-order valence-electron chi connectivity index (χ4n) is 2.02. The summed E-state index contributed by atoms with van der Waals surface area (Å²) < 4.78 is 5.43. The first-order valence-electron chi connectivity index (χ1n) is 3.66. The van der Waals surface area contributed by atoms with Gasteiger partial charge in [0.1, 0.15) is 0 Å². The zero-order valence-electron chi connectivity index (χ0n) is 5.60. The number of hydrogen-bond acceptors (Lipinski definition) is 2. The van der Waals surface area contributed by atoms with Gasteiger partial charge in [-0.2, -0.15) is 0 Å². The standard InChI is InChI=1S/C7H13NO/c8-2-1-7-3-6(4-7)9-5-7/h6H,1-5,8H2. The second-order valence-corrected chi connectivity index (χ2v) is 3.38. The molecule has 2 nitrogen and oxygen atoms in total. The molecule has 2 N–H and O–H groups in total. The van der Waals surface area contributed by atoms with Gasteiger partial charge >= 0.3 is 0 Å². The topological polar surface area (TPSA) is 35.2 Å². The van der Waals surface area contributed by atoms with E-state index in [-0.39, 0.29) is 0 Å². The summed E-state index contributed by atoms with van der Waals surface area (Å²) in [5.41, 5.74) is 6.00. The fourth-order valence-corrected chi connectivity index (χ4v) is 2.02. The van der Waals surface area contributed by atoms with Crippen molar-refractivity contribution < 1.29 is 4.74 Å². The third-order valence-corrected chi connectivity index (χ3v) is 2.62. The van der Waals surface area contributed by atoms with Crippen LogP contribution in [-0.2, 0) is 4.74 Å². The van der Waals surface area contributed by atoms with Crippen LogP contribution in [0, 0.1) is 5.41 Å². The highest BCUT2D eigenvalue weighted by Crippen LogP contribution is 2.51. The third kappa shape index (κ3) is 0.700. The van der Waals surface area contributed by atoms with Gasteiger partial charge in [0, 0.05) is 0 Å². The van der Waals surface area contributed by atoms with E-state index in [4.69, 9.17) is 10.5 Å². The Labute approximate surface area is 55.4 Å². The van der Waals surface area contributed by atoms with Gasteiger partial charge in [0.05, 0.1) is 12.7 Å². The second-order valence-electron chi connectivity index (χ2n) is 3.38. The average molecular weight is 127 g/mol. The van der Waals surface area contributed by atoms with E-state index >= 15 is 0 Å². The number of nitrogens with two attached hydrogens (primary N) is 1. The van der Waals surface area contributed by atoms with Crippen LogP contribution < -0.4 is 5.73 Å². The highest BCUT2D eigenvalue weighted by atomic mass is 16.5. The molecule has 0 aromatic heterocycles. The summed E-state index contributed by atoms with van der Waals surface area (Å²) >= 11 is 0. The summed E-state index contributed by atoms with van der Waals surface area (Å²) in [6.45, 7) is 1.81. The lowest BCUT2D eigenvalue weighted by Gasteiger charge is -2.34. The number of ether oxygens (including phenoxy) is 1. The summed E-state index contributed by atoms with van der Waals surface area (Å²) in [4.78, 5) is 0. The molecule has 0 aromatic rings. The first-order valence-corrected chi connectivity index (χ1v) is 3.66. The molecule has 3 rings (SSSR count). The average Bonchev–Trinajstić information content (AvgIpc) is 2.22. The van der Waals surface area contributed by atoms with Gasteiger partial charge in [-0.1, -0.05) is 0 Å². The zero-order chi connectivity index (χ0) is 6.32. The van der Waals surface area contributed by atoms with Gasteiger partial charge in [0.15, 0.2) is 0 Å². The fraction of sp³-hybridized carbons (Fsp3) is 1.00. The Morgan fingerprint density at radius 2 is 2.33 bits per heavy atom. The van der Waals surface area contributed by atoms with Gasteiger partial charge in [-0.25, -0.2) is 0 Å². The van der Waals surface area contributed by atoms with Crippen LogP contribution in [-0.4, -0.2) is 19.3 Å². The van der Waals surface area contributed by atoms with Gasteiger partial charge in [0.2, 0.25) is 0 Å². The van der Waals surface area contributed by atoms with E-state index in [0.29, 0.717) is 11.5 Å². The number of rotatable bonds is 2. The smallest absolute Gasteiger partial charge is 0.0587 e. The van der Waals surface area contributed by atoms with E-state index in [0.717, 1.165) is 13.2 Å². The van der Waals surface area contributed by atoms with Gasteiger partial charge in [0.25, 0.3) is 0 Å². The van der Waals surface area contributed by atoms with Crippen LogP contribution in [0.1, 0.15) is 19.3 Å². The molecule has 0 spiro atoms. The minimum Gasteiger partial charge on any atom is -0.378 e. The molecular weight excluding hydrogens is 114 g/mol. The highest BCUT2D eigenvalue weighted by Gasteiger charge is 2.50. The van der Waals surface area contributed by atoms with Crippen molar-refractivity contribution in [2.75, 3.05) is 13.2 Å². The monoisotopic (exact) mass is 127 g/mol. The van der Waals surface area contributed by atoms with Crippen molar-refractivity contribution in [1.82, 2.24) is 0 Å². The Balaban J connectivity index is 1.95. The largest absolute Gasteiger partial charge is 0.378 e. The third-order valence-electron chi connectivity index (χ3n) is 2.62. The van der Waals surface area contributed by atoms with Crippen LogP contribution in [0.3, 0.4) is 0 Å². The van der Waals surface area contributed by atoms with Crippen molar-refractivity contribution in [3.05, 3.63) is 0 Å². The maximum atomic E-state index is 5.46. The van der Waals surface area contributed by atoms with E-state index in [9.17, 15) is 0 Å². The quantitative estimate of drug-likeness (QED) is 0.586. The second kappa shape index (κ2) is 1.70. The van der Waals surface area contributed by atoms with Crippen LogP contribution in [0.5, 0.6) is 0 Å². The Bertz CT molecular complexity index is 113. The molecule has 0 unspecified atom stereocenters. The molecule has 2 saturated heterocycles. The predicted molar refractivity (Wildman–Crippen MR) is 35.1 cm³/mol. The lowest BCUT2D eigenvalue weighted by molar-refractivity contribution is 0.110. The van der Waals surface area contributed by atoms with Gasteiger partial charge in [-0.3, -0.25) is 0 Å². The molecule has 2 heteroatoms. The normalized spacial score (nSPS) is 47.0. The van der Waals surface area contributed by atoms with Crippen LogP contribution in [0.15, 0.2) is 0 Å². The van der Waals surface area contributed by atoms with E-state index in [1.54, 1.807) is 0 Å². The number of hydrogen-bond donors (Lipinski definition) is 1. The SMILES string of the molecule is NCCC12COC(C1)C2. The molecule has 0 radical (unpaired) electrons. The van der Waals surface area contributed by atoms with Crippen LogP contribution >= 0.6 is 0 Å². The molecular formula is C7H13NO. The molecule has 3 fully saturated rings. The van der Waals surface area contributed by atoms with Crippen molar-refractivity contribution in [2.24, 2.45) is 11.1 Å². The molecule has 2 bridgehead atoms. The lowest BCUT2D eigenvalue weighted by Crippen LogP contribution is -2.34. The maximum absolute atomic E-state index is 5.46. The van der Waals surface area contributed by atoms with Crippen molar-refractivity contribution in [3.63, 3.8) is 0 Å². The minimum absolute atomic E-state index is 0.541. The van der Waals surface area contributed by atoms with E-state index < -0.39 is 0 Å². The summed E-state index contributed by atoms with van der Waals surface area (Å²) in [6, 6.07) is 0. The summed E-state index contributed by atoms with van der Waals surface area (Å²) in [5, 5.41) is 0. The Kier molecular flexibility index (Phi) is 1.08. The van der Waals surface area contributed by atoms with Crippen molar-refractivity contribution in [2.45, 2.75) is 25.4 Å². The molecule has 9 heavy (non-hydrogen) atoms. The van der Waals surface area contributed by atoms with Gasteiger partial charge in [-0.15, -0.1) is 0 Å². The summed E-state index contributed by atoms with van der Waals surface area (Å²) in [5.74, 6) is 0. The maximum Gasteiger partial charge on any atom is 0.0587 e. The van der Waals surface area contributed by atoms with Crippen LogP contribution in [0.2, 0.25) is 0 Å². The summed E-state index contributed by atoms with van der Waals surface area (Å²) in [7, 11) is 0. The Hall–Kier alpha value is -0.0800. The van der Waals surface area contributed by atoms with Crippen LogP contribution in [0.4, 0.5) is 0 Å². The van der Waals surface area contributed by atoms with E-state index in [2.05, 4.69) is 0 Å². The first kappa shape index (κ1) is 5.69. The Morgan fingerprint density at radius 3 is 2.78 bits per heavy atom.